The number of nitrogens with zero attached hydrogens (tertiary/aromatic N) is 4. The van der Waals surface area contributed by atoms with Gasteiger partial charge in [0, 0.05) is 27.3 Å². The Balaban J connectivity index is 1.15. The van der Waals surface area contributed by atoms with E-state index < -0.39 is 0 Å². The number of fused-ring (bicyclic) bond motifs is 6. The van der Waals surface area contributed by atoms with Crippen LogP contribution in [0.3, 0.4) is 0 Å². The normalized spacial score (nSPS) is 13.1. The summed E-state index contributed by atoms with van der Waals surface area (Å²) in [7, 11) is 0. The molecule has 0 amide bonds. The zero-order chi connectivity index (χ0) is 41.1. The lowest BCUT2D eigenvalue weighted by Gasteiger charge is -2.23. The molecule has 2 aliphatic carbocycles. The van der Waals surface area contributed by atoms with Gasteiger partial charge in [0.2, 0.25) is 0 Å². The fourth-order valence-electron chi connectivity index (χ4n) is 10.6. The summed E-state index contributed by atoms with van der Waals surface area (Å²) in [4.78, 5) is 16.2. The Labute approximate surface area is 359 Å². The average Bonchev–Trinajstić information content (AvgIpc) is 3.75. The summed E-state index contributed by atoms with van der Waals surface area (Å²) in [6.45, 7) is 4.68. The van der Waals surface area contributed by atoms with Crippen molar-refractivity contribution in [2.24, 2.45) is 0 Å². The summed E-state index contributed by atoms with van der Waals surface area (Å²) >= 11 is 0. The van der Waals surface area contributed by atoms with Gasteiger partial charge in [-0.15, -0.1) is 0 Å². The Kier molecular flexibility index (Phi) is 7.32. The van der Waals surface area contributed by atoms with Crippen LogP contribution in [0.15, 0.2) is 194 Å². The van der Waals surface area contributed by atoms with Crippen LogP contribution >= 0.6 is 0 Å². The standard InChI is InChI=1S/C58H38N4/c1-58(2)45-25-12-11-22-44(45)51-46(58)32-34-49(62-47-26-14-24-43-41-21-10-9-20-40(41)42-23-13-19-37-31-33-48(62)53(50(37)42)52(43)47)54(51)57-60-55(38-17-7-4-8-18-38)59-56(61-57)39-29-27-36(28-30-39)35-15-5-3-6-16-35/h3-34H,1-2H3. The molecule has 2 aromatic heterocycles. The predicted molar refractivity (Wildman–Crippen MR) is 255 cm³/mol. The van der Waals surface area contributed by atoms with Crippen molar-refractivity contribution in [1.29, 1.82) is 0 Å². The summed E-state index contributed by atoms with van der Waals surface area (Å²) in [5.74, 6) is 1.91. The van der Waals surface area contributed by atoms with E-state index in [2.05, 4.69) is 194 Å². The average molecular weight is 791 g/mol. The molecule has 2 heterocycles. The first-order valence-corrected chi connectivity index (χ1v) is 21.4. The smallest absolute Gasteiger partial charge is 0.166 e. The molecule has 0 spiro atoms. The van der Waals surface area contributed by atoms with Crippen molar-refractivity contribution >= 4 is 32.6 Å². The predicted octanol–water partition coefficient (Wildman–Crippen LogP) is 14.7. The van der Waals surface area contributed by atoms with Crippen molar-refractivity contribution in [2.75, 3.05) is 0 Å². The Bertz CT molecular complexity index is 3640. The molecule has 0 unspecified atom stereocenters. The number of aromatic nitrogens is 4. The van der Waals surface area contributed by atoms with Gasteiger partial charge in [0.05, 0.1) is 22.3 Å². The first kappa shape index (κ1) is 34.9. The lowest BCUT2D eigenvalue weighted by atomic mass is 9.82. The first-order chi connectivity index (χ1) is 30.5. The highest BCUT2D eigenvalue weighted by Gasteiger charge is 2.39. The molecule has 2 aliphatic rings. The third-order valence-electron chi connectivity index (χ3n) is 13.4. The van der Waals surface area contributed by atoms with E-state index in [1.807, 2.05) is 18.2 Å². The molecular weight excluding hydrogens is 753 g/mol. The largest absolute Gasteiger partial charge is 0.308 e. The first-order valence-electron chi connectivity index (χ1n) is 21.4. The van der Waals surface area contributed by atoms with Gasteiger partial charge in [-0.1, -0.05) is 190 Å². The van der Waals surface area contributed by atoms with Gasteiger partial charge in [-0.2, -0.15) is 0 Å². The zero-order valence-corrected chi connectivity index (χ0v) is 34.3. The van der Waals surface area contributed by atoms with Crippen LogP contribution in [0.4, 0.5) is 0 Å². The van der Waals surface area contributed by atoms with E-state index in [9.17, 15) is 0 Å². The van der Waals surface area contributed by atoms with Crippen molar-refractivity contribution in [3.63, 3.8) is 0 Å². The van der Waals surface area contributed by atoms with Gasteiger partial charge in [0.1, 0.15) is 0 Å². The maximum atomic E-state index is 5.52. The van der Waals surface area contributed by atoms with Crippen LogP contribution in [0, 0.1) is 0 Å². The fourth-order valence-corrected chi connectivity index (χ4v) is 10.6. The molecule has 13 rings (SSSR count). The Hall–Kier alpha value is -7.95. The molecule has 0 N–H and O–H groups in total. The second-order valence-corrected chi connectivity index (χ2v) is 17.1. The summed E-state index contributed by atoms with van der Waals surface area (Å²) < 4.78 is 2.49. The second kappa shape index (κ2) is 13.0. The van der Waals surface area contributed by atoms with E-state index in [0.717, 1.165) is 39.0 Å². The van der Waals surface area contributed by atoms with Crippen LogP contribution in [-0.4, -0.2) is 19.5 Å². The molecule has 0 saturated carbocycles. The highest BCUT2D eigenvalue weighted by Crippen LogP contribution is 2.55. The molecule has 9 aromatic carbocycles. The Morgan fingerprint density at radius 2 is 0.871 bits per heavy atom. The van der Waals surface area contributed by atoms with Gasteiger partial charge in [-0.05, 0) is 84.6 Å². The van der Waals surface area contributed by atoms with Gasteiger partial charge < -0.3 is 4.57 Å². The second-order valence-electron chi connectivity index (χ2n) is 17.1. The molecule has 0 radical (unpaired) electrons. The van der Waals surface area contributed by atoms with Crippen molar-refractivity contribution < 1.29 is 0 Å². The summed E-state index contributed by atoms with van der Waals surface area (Å²) in [5, 5.41) is 5.05. The molecule has 4 nitrogen and oxygen atoms in total. The van der Waals surface area contributed by atoms with Gasteiger partial charge in [0.15, 0.2) is 17.5 Å². The van der Waals surface area contributed by atoms with Crippen LogP contribution in [0.25, 0.3) is 117 Å². The molecule has 0 bridgehead atoms. The number of benzene rings is 9. The number of hydrogen-bond acceptors (Lipinski definition) is 3. The Morgan fingerprint density at radius 1 is 0.339 bits per heavy atom. The highest BCUT2D eigenvalue weighted by molar-refractivity contribution is 6.30. The summed E-state index contributed by atoms with van der Waals surface area (Å²) in [6, 6.07) is 70.0. The third kappa shape index (κ3) is 4.92. The van der Waals surface area contributed by atoms with E-state index >= 15 is 0 Å². The molecule has 0 aliphatic heterocycles. The lowest BCUT2D eigenvalue weighted by Crippen LogP contribution is -2.15. The third-order valence-corrected chi connectivity index (χ3v) is 13.4. The molecule has 4 heteroatoms. The quantitative estimate of drug-likeness (QED) is 0.174. The van der Waals surface area contributed by atoms with Gasteiger partial charge in [-0.25, -0.2) is 15.0 Å². The Morgan fingerprint density at radius 3 is 1.60 bits per heavy atom. The van der Waals surface area contributed by atoms with E-state index in [4.69, 9.17) is 15.0 Å². The van der Waals surface area contributed by atoms with E-state index in [-0.39, 0.29) is 5.41 Å². The minimum Gasteiger partial charge on any atom is -0.308 e. The van der Waals surface area contributed by atoms with Crippen molar-refractivity contribution in [3.05, 3.63) is 205 Å². The molecule has 0 fully saturated rings. The van der Waals surface area contributed by atoms with Crippen LogP contribution in [-0.2, 0) is 5.41 Å². The van der Waals surface area contributed by atoms with E-state index in [0.29, 0.717) is 17.5 Å². The molecule has 11 aromatic rings. The van der Waals surface area contributed by atoms with Crippen molar-refractivity contribution in [1.82, 2.24) is 19.5 Å². The maximum Gasteiger partial charge on any atom is 0.166 e. The van der Waals surface area contributed by atoms with E-state index in [1.165, 1.54) is 71.6 Å². The fraction of sp³-hybridized carbons (Fsp3) is 0.0517. The van der Waals surface area contributed by atoms with Crippen LogP contribution in [0.2, 0.25) is 0 Å². The highest BCUT2D eigenvalue weighted by atomic mass is 15.1. The molecule has 62 heavy (non-hydrogen) atoms. The minimum absolute atomic E-state index is 0.242. The monoisotopic (exact) mass is 790 g/mol. The van der Waals surface area contributed by atoms with Crippen LogP contribution in [0.5, 0.6) is 0 Å². The van der Waals surface area contributed by atoms with Crippen molar-refractivity contribution in [3.8, 4) is 84.4 Å². The molecular formula is C58H38N4. The van der Waals surface area contributed by atoms with Crippen molar-refractivity contribution in [2.45, 2.75) is 19.3 Å². The van der Waals surface area contributed by atoms with Gasteiger partial charge in [0.25, 0.3) is 0 Å². The zero-order valence-electron chi connectivity index (χ0n) is 34.3. The summed E-state index contributed by atoms with van der Waals surface area (Å²) in [6.07, 6.45) is 0. The number of hydrogen-bond donors (Lipinski definition) is 0. The molecule has 0 saturated heterocycles. The molecule has 290 valence electrons. The van der Waals surface area contributed by atoms with E-state index in [1.54, 1.807) is 0 Å². The van der Waals surface area contributed by atoms with Crippen LogP contribution in [0.1, 0.15) is 25.0 Å². The topological polar surface area (TPSA) is 43.6 Å². The summed E-state index contributed by atoms with van der Waals surface area (Å²) in [5.41, 5.74) is 18.2. The van der Waals surface area contributed by atoms with Gasteiger partial charge >= 0.3 is 0 Å². The number of rotatable bonds is 5. The maximum absolute atomic E-state index is 5.52. The molecule has 0 atom stereocenters. The lowest BCUT2D eigenvalue weighted by molar-refractivity contribution is 0.660. The minimum atomic E-state index is -0.242. The van der Waals surface area contributed by atoms with Crippen LogP contribution < -0.4 is 0 Å². The SMILES string of the molecule is CC1(C)c2ccccc2-c2c1ccc(-n1c3cccc4c3c3c5c(cccc5ccc31)-c1ccccc1-4)c2-c1nc(-c2ccccc2)nc(-c2ccc(-c3ccccc3)cc2)n1. The van der Waals surface area contributed by atoms with Gasteiger partial charge in [-0.3, -0.25) is 0 Å².